The molecule has 1 saturated heterocycles. The van der Waals surface area contributed by atoms with Gasteiger partial charge in [-0.2, -0.15) is 0 Å². The predicted molar refractivity (Wildman–Crippen MR) is 147 cm³/mol. The second-order valence-electron chi connectivity index (χ2n) is 12.1. The topological polar surface area (TPSA) is 122 Å². The molecule has 41 heavy (non-hydrogen) atoms. The molecule has 2 aliphatic heterocycles. The van der Waals surface area contributed by atoms with E-state index in [2.05, 4.69) is 5.32 Å². The van der Waals surface area contributed by atoms with Crippen molar-refractivity contribution in [3.63, 3.8) is 0 Å². The molecule has 0 radical (unpaired) electrons. The lowest BCUT2D eigenvalue weighted by molar-refractivity contribution is -0.132. The highest BCUT2D eigenvalue weighted by atomic mass is 19.2. The average Bonchev–Trinajstić information content (AvgIpc) is 3.59. The van der Waals surface area contributed by atoms with Crippen molar-refractivity contribution in [3.8, 4) is 11.1 Å². The van der Waals surface area contributed by atoms with Gasteiger partial charge in [0.1, 0.15) is 17.7 Å². The Hall–Kier alpha value is -4.02. The third kappa shape index (κ3) is 5.37. The quantitative estimate of drug-likeness (QED) is 0.553. The molecule has 2 heterocycles. The zero-order valence-corrected chi connectivity index (χ0v) is 23.5. The molecule has 1 saturated carbocycles. The number of benzene rings is 2. The van der Waals surface area contributed by atoms with Crippen LogP contribution in [0.25, 0.3) is 11.1 Å². The van der Waals surface area contributed by atoms with Crippen LogP contribution < -0.4 is 16.0 Å². The molecule has 9 nitrogen and oxygen atoms in total. The molecule has 3 N–H and O–H groups in total. The number of piperidine rings is 1. The van der Waals surface area contributed by atoms with Crippen LogP contribution in [0.15, 0.2) is 30.3 Å². The van der Waals surface area contributed by atoms with E-state index in [4.69, 9.17) is 10.5 Å². The monoisotopic (exact) mass is 568 g/mol. The number of ether oxygens (including phenoxy) is 1. The molecule has 4 atom stereocenters. The zero-order valence-electron chi connectivity index (χ0n) is 23.5. The first-order chi connectivity index (χ1) is 19.2. The Bertz CT molecular complexity index is 1440. The Balaban J connectivity index is 1.34. The number of nitrogens with two attached hydrogens (primary N) is 1. The molecule has 3 aliphatic rings. The zero-order chi connectivity index (χ0) is 29.8. The summed E-state index contributed by atoms with van der Waals surface area (Å²) in [5.41, 5.74) is 6.50. The van der Waals surface area contributed by atoms with Crippen molar-refractivity contribution in [3.05, 3.63) is 53.1 Å². The van der Waals surface area contributed by atoms with Crippen molar-refractivity contribution in [1.29, 1.82) is 0 Å². The molecule has 0 unspecified atom stereocenters. The SMILES string of the molecule is CN1C(=O)Cc2ccc(-c3ccc(C[C@H](NC(=O)[C@@H]4[C@H]5CC[C@H](C5)N4C(=O)OC(C)(C)C)C(N)=O)c(F)c3F)cc21. The fourth-order valence-electron chi connectivity index (χ4n) is 6.18. The molecule has 2 fully saturated rings. The van der Waals surface area contributed by atoms with Crippen LogP contribution in [0, 0.1) is 17.6 Å². The molecule has 2 aromatic carbocycles. The number of halogens is 2. The molecule has 4 amide bonds. The third-order valence-electron chi connectivity index (χ3n) is 8.18. The Morgan fingerprint density at radius 1 is 1.12 bits per heavy atom. The lowest BCUT2D eigenvalue weighted by atomic mass is 9.96. The average molecular weight is 569 g/mol. The van der Waals surface area contributed by atoms with Crippen molar-refractivity contribution in [1.82, 2.24) is 10.2 Å². The van der Waals surface area contributed by atoms with Gasteiger partial charge in [0, 0.05) is 30.8 Å². The van der Waals surface area contributed by atoms with Crippen molar-refractivity contribution in [2.45, 2.75) is 76.6 Å². The van der Waals surface area contributed by atoms with Crippen molar-refractivity contribution >= 4 is 29.5 Å². The summed E-state index contributed by atoms with van der Waals surface area (Å²) in [6, 6.07) is 5.40. The van der Waals surface area contributed by atoms with Crippen molar-refractivity contribution < 1.29 is 32.7 Å². The maximum atomic E-state index is 15.3. The summed E-state index contributed by atoms with van der Waals surface area (Å²) in [4.78, 5) is 53.5. The minimum Gasteiger partial charge on any atom is -0.444 e. The minimum atomic E-state index is -1.33. The molecule has 2 aromatic rings. The fraction of sp³-hybridized carbons (Fsp3) is 0.467. The van der Waals surface area contributed by atoms with Crippen LogP contribution in [-0.4, -0.2) is 59.5 Å². The van der Waals surface area contributed by atoms with Crippen LogP contribution >= 0.6 is 0 Å². The first kappa shape index (κ1) is 28.5. The van der Waals surface area contributed by atoms with E-state index < -0.39 is 47.2 Å². The van der Waals surface area contributed by atoms with E-state index in [1.54, 1.807) is 46.0 Å². The van der Waals surface area contributed by atoms with E-state index in [0.29, 0.717) is 17.7 Å². The number of amides is 4. The second-order valence-corrected chi connectivity index (χ2v) is 12.1. The maximum absolute atomic E-state index is 15.3. The van der Waals surface area contributed by atoms with E-state index in [1.165, 1.54) is 21.9 Å². The van der Waals surface area contributed by atoms with Gasteiger partial charge in [-0.25, -0.2) is 13.6 Å². The van der Waals surface area contributed by atoms with Gasteiger partial charge in [-0.3, -0.25) is 19.3 Å². The molecule has 0 aromatic heterocycles. The maximum Gasteiger partial charge on any atom is 0.411 e. The predicted octanol–water partition coefficient (Wildman–Crippen LogP) is 3.45. The number of carbonyl (C=O) groups excluding carboxylic acids is 4. The first-order valence-electron chi connectivity index (χ1n) is 13.7. The summed E-state index contributed by atoms with van der Waals surface area (Å²) in [5, 5.41) is 2.58. The number of rotatable bonds is 6. The minimum absolute atomic E-state index is 0.00329. The molecule has 1 aliphatic carbocycles. The van der Waals surface area contributed by atoms with E-state index >= 15 is 8.78 Å². The summed E-state index contributed by atoms with van der Waals surface area (Å²) in [7, 11) is 1.62. The van der Waals surface area contributed by atoms with Crippen LogP contribution in [0.5, 0.6) is 0 Å². The van der Waals surface area contributed by atoms with Gasteiger partial charge in [0.2, 0.25) is 17.7 Å². The van der Waals surface area contributed by atoms with Crippen LogP contribution in [0.3, 0.4) is 0 Å². The number of nitrogens with zero attached hydrogens (tertiary/aromatic N) is 2. The molecule has 2 bridgehead atoms. The van der Waals surface area contributed by atoms with E-state index in [9.17, 15) is 19.2 Å². The number of likely N-dealkylation sites (tertiary alicyclic amines) is 1. The molecule has 218 valence electrons. The van der Waals surface area contributed by atoms with Crippen molar-refractivity contribution in [2.75, 3.05) is 11.9 Å². The Labute approximate surface area is 237 Å². The van der Waals surface area contributed by atoms with E-state index in [0.717, 1.165) is 18.4 Å². The van der Waals surface area contributed by atoms with Gasteiger partial charge in [0.15, 0.2) is 11.6 Å². The number of anilines is 1. The normalized spacial score (nSPS) is 22.1. The molecule has 5 rings (SSSR count). The Morgan fingerprint density at radius 3 is 2.54 bits per heavy atom. The summed E-state index contributed by atoms with van der Waals surface area (Å²) < 4.78 is 36.1. The summed E-state index contributed by atoms with van der Waals surface area (Å²) in [6.45, 7) is 5.21. The van der Waals surface area contributed by atoms with Gasteiger partial charge in [-0.05, 0) is 68.7 Å². The smallest absolute Gasteiger partial charge is 0.411 e. The van der Waals surface area contributed by atoms with Crippen LogP contribution in [0.1, 0.15) is 51.2 Å². The van der Waals surface area contributed by atoms with Crippen molar-refractivity contribution in [2.24, 2.45) is 11.7 Å². The largest absolute Gasteiger partial charge is 0.444 e. The van der Waals surface area contributed by atoms with Gasteiger partial charge >= 0.3 is 6.09 Å². The van der Waals surface area contributed by atoms with Crippen LogP contribution in [0.2, 0.25) is 0 Å². The van der Waals surface area contributed by atoms with Crippen LogP contribution in [0.4, 0.5) is 19.3 Å². The Morgan fingerprint density at radius 2 is 1.85 bits per heavy atom. The molecule has 11 heteroatoms. The standard InChI is InChI=1S/C30H34F2N4O5/c1-30(2,3)41-29(40)36-19-9-7-18(11-19)26(36)28(39)34-21(27(33)38)12-17-8-10-20(25(32)24(17)31)15-5-6-16-14-23(37)35(4)22(16)13-15/h5-6,8,10,13,18-19,21,26H,7,9,11-12,14H2,1-4H3,(H2,33,38)(H,34,39)/t18-,19+,21-,26-/m0/s1. The van der Waals surface area contributed by atoms with Crippen LogP contribution in [-0.2, 0) is 32.0 Å². The second kappa shape index (κ2) is 10.4. The number of primary amides is 1. The lowest BCUT2D eigenvalue weighted by Crippen LogP contribution is -2.57. The van der Waals surface area contributed by atoms with Gasteiger partial charge in [-0.1, -0.05) is 24.3 Å². The Kier molecular flexibility index (Phi) is 7.25. The molecule has 0 spiro atoms. The highest BCUT2D eigenvalue weighted by Gasteiger charge is 2.52. The number of hydrogen-bond acceptors (Lipinski definition) is 5. The summed E-state index contributed by atoms with van der Waals surface area (Å²) in [6.07, 6.45) is 1.41. The third-order valence-corrected chi connectivity index (χ3v) is 8.18. The van der Waals surface area contributed by atoms with Gasteiger partial charge in [0.25, 0.3) is 0 Å². The number of carbonyl (C=O) groups is 4. The highest BCUT2D eigenvalue weighted by molar-refractivity contribution is 6.01. The number of fused-ring (bicyclic) bond motifs is 3. The first-order valence-corrected chi connectivity index (χ1v) is 13.7. The van der Waals surface area contributed by atoms with Gasteiger partial charge < -0.3 is 20.7 Å². The lowest BCUT2D eigenvalue weighted by Gasteiger charge is -2.36. The van der Waals surface area contributed by atoms with Gasteiger partial charge in [0.05, 0.1) is 6.42 Å². The molecular formula is C30H34F2N4O5. The van der Waals surface area contributed by atoms with E-state index in [1.807, 2.05) is 0 Å². The molecular weight excluding hydrogens is 534 g/mol. The fourth-order valence-corrected chi connectivity index (χ4v) is 6.18. The number of nitrogens with one attached hydrogen (secondary N) is 1. The summed E-state index contributed by atoms with van der Waals surface area (Å²) >= 11 is 0. The summed E-state index contributed by atoms with van der Waals surface area (Å²) in [5.74, 6) is -3.97. The number of hydrogen-bond donors (Lipinski definition) is 2. The van der Waals surface area contributed by atoms with Gasteiger partial charge in [-0.15, -0.1) is 0 Å². The number of likely N-dealkylation sites (N-methyl/N-ethyl adjacent to an activating group) is 1. The highest BCUT2D eigenvalue weighted by Crippen LogP contribution is 2.43. The van der Waals surface area contributed by atoms with E-state index in [-0.39, 0.29) is 41.8 Å².